The van der Waals surface area contributed by atoms with Crippen LogP contribution < -0.4 is 9.64 Å². The smallest absolute Gasteiger partial charge is 0.410 e. The molecule has 5 rings (SSSR count). The zero-order valence-electron chi connectivity index (χ0n) is 28.8. The topological polar surface area (TPSA) is 107 Å². The fourth-order valence-corrected chi connectivity index (χ4v) is 7.08. The number of ether oxygens (including phenoxy) is 4. The first-order valence-corrected chi connectivity index (χ1v) is 18.0. The van der Waals surface area contributed by atoms with Crippen molar-refractivity contribution in [3.63, 3.8) is 0 Å². The van der Waals surface area contributed by atoms with Crippen LogP contribution in [0.3, 0.4) is 0 Å². The number of carbonyl (C=O) groups is 2. The van der Waals surface area contributed by atoms with Crippen LogP contribution >= 0.6 is 27.5 Å². The van der Waals surface area contributed by atoms with Crippen LogP contribution in [0.5, 0.6) is 6.01 Å². The minimum absolute atomic E-state index is 0.0352. The maximum Gasteiger partial charge on any atom is 0.410 e. The van der Waals surface area contributed by atoms with E-state index in [1.807, 2.05) is 46.4 Å². The van der Waals surface area contributed by atoms with Gasteiger partial charge in [0.1, 0.15) is 35.2 Å². The summed E-state index contributed by atoms with van der Waals surface area (Å²) in [7, 11) is 0. The van der Waals surface area contributed by atoms with Gasteiger partial charge in [0.25, 0.3) is 0 Å². The highest BCUT2D eigenvalue weighted by Gasteiger charge is 2.37. The van der Waals surface area contributed by atoms with E-state index in [9.17, 15) is 9.59 Å². The van der Waals surface area contributed by atoms with E-state index in [1.54, 1.807) is 11.0 Å². The van der Waals surface area contributed by atoms with Gasteiger partial charge in [0.05, 0.1) is 16.1 Å². The average molecular weight is 757 g/mol. The molecule has 1 aliphatic carbocycles. The van der Waals surface area contributed by atoms with E-state index in [2.05, 4.69) is 25.8 Å². The van der Waals surface area contributed by atoms with Crippen molar-refractivity contribution in [2.45, 2.75) is 97.0 Å². The van der Waals surface area contributed by atoms with Gasteiger partial charge in [0, 0.05) is 37.6 Å². The van der Waals surface area contributed by atoms with Gasteiger partial charge in [-0.2, -0.15) is 9.97 Å². The number of esters is 1. The standard InChI is InChI=1S/C34H48BrClFN5O6/c1-33(2,3)47-26(43)20-45-19-21-10-12-40(13-11-21)24-8-7-9-25(24)46-31-38-29-22(18-23(36)27(35)28(29)37)30(39-31)41-14-16-42(17-15-41)32(44)48-34(4,5)6/h18,21,24-25H,7-17,19-20H2,1-6H3/t24-,25-/m0/s1. The number of hydrogen-bond acceptors (Lipinski definition) is 10. The highest BCUT2D eigenvalue weighted by molar-refractivity contribution is 9.10. The first-order chi connectivity index (χ1) is 22.6. The summed E-state index contributed by atoms with van der Waals surface area (Å²) >= 11 is 9.66. The van der Waals surface area contributed by atoms with Crippen LogP contribution in [0.25, 0.3) is 10.9 Å². The van der Waals surface area contributed by atoms with E-state index in [0.29, 0.717) is 49.9 Å². The van der Waals surface area contributed by atoms with Gasteiger partial charge in [-0.1, -0.05) is 11.6 Å². The molecule has 1 aromatic carbocycles. The molecule has 2 atom stereocenters. The molecule has 2 aromatic rings. The van der Waals surface area contributed by atoms with Gasteiger partial charge in [-0.3, -0.25) is 4.90 Å². The molecule has 0 radical (unpaired) electrons. The third kappa shape index (κ3) is 9.39. The number of piperidine rings is 1. The first-order valence-electron chi connectivity index (χ1n) is 16.9. The lowest BCUT2D eigenvalue weighted by molar-refractivity contribution is -0.160. The molecule has 0 unspecified atom stereocenters. The first kappa shape index (κ1) is 36.8. The second-order valence-electron chi connectivity index (χ2n) is 14.9. The Labute approximate surface area is 295 Å². The number of anilines is 1. The number of aromatic nitrogens is 2. The van der Waals surface area contributed by atoms with E-state index >= 15 is 4.39 Å². The summed E-state index contributed by atoms with van der Waals surface area (Å²) < 4.78 is 38.9. The Morgan fingerprint density at radius 2 is 1.62 bits per heavy atom. The van der Waals surface area contributed by atoms with Gasteiger partial charge in [0.2, 0.25) is 0 Å². The summed E-state index contributed by atoms with van der Waals surface area (Å²) in [6.45, 7) is 15.2. The number of nitrogens with zero attached hydrogens (tertiary/aromatic N) is 5. The number of benzene rings is 1. The number of halogens is 3. The van der Waals surface area contributed by atoms with Gasteiger partial charge in [0.15, 0.2) is 5.82 Å². The summed E-state index contributed by atoms with van der Waals surface area (Å²) in [6, 6.07) is 1.99. The molecule has 3 aliphatic rings. The Kier molecular flexibility index (Phi) is 11.6. The minimum Gasteiger partial charge on any atom is -0.458 e. The number of carbonyl (C=O) groups excluding carboxylic acids is 2. The second kappa shape index (κ2) is 15.2. The van der Waals surface area contributed by atoms with Crippen molar-refractivity contribution < 1.29 is 32.9 Å². The summed E-state index contributed by atoms with van der Waals surface area (Å²) in [6.07, 6.45) is 4.28. The molecule has 3 fully saturated rings. The Hall–Kier alpha value is -2.48. The van der Waals surface area contributed by atoms with Gasteiger partial charge in [-0.25, -0.2) is 14.0 Å². The molecule has 2 saturated heterocycles. The number of rotatable bonds is 8. The van der Waals surface area contributed by atoms with Crippen LogP contribution in [0.1, 0.15) is 73.6 Å². The van der Waals surface area contributed by atoms with Crippen molar-refractivity contribution in [2.24, 2.45) is 5.92 Å². The summed E-state index contributed by atoms with van der Waals surface area (Å²) in [5.41, 5.74) is -0.984. The predicted molar refractivity (Wildman–Crippen MR) is 185 cm³/mol. The van der Waals surface area contributed by atoms with Gasteiger partial charge < -0.3 is 28.7 Å². The molecular weight excluding hydrogens is 709 g/mol. The van der Waals surface area contributed by atoms with Crippen LogP contribution in [0.2, 0.25) is 5.02 Å². The van der Waals surface area contributed by atoms with Gasteiger partial charge in [-0.15, -0.1) is 0 Å². The molecule has 0 N–H and O–H groups in total. The molecule has 0 spiro atoms. The Morgan fingerprint density at radius 1 is 0.958 bits per heavy atom. The molecule has 2 aliphatic heterocycles. The van der Waals surface area contributed by atoms with Crippen molar-refractivity contribution in [1.82, 2.24) is 19.8 Å². The van der Waals surface area contributed by atoms with Crippen LogP contribution in [0, 0.1) is 11.7 Å². The van der Waals surface area contributed by atoms with E-state index in [0.717, 1.165) is 45.2 Å². The maximum absolute atomic E-state index is 15.6. The second-order valence-corrected chi connectivity index (χ2v) is 16.1. The number of fused-ring (bicyclic) bond motifs is 1. The normalized spacial score (nSPS) is 21.5. The molecule has 11 nitrogen and oxygen atoms in total. The Bertz CT molecular complexity index is 1470. The van der Waals surface area contributed by atoms with Crippen molar-refractivity contribution in [3.8, 4) is 6.01 Å². The fraction of sp³-hybridized carbons (Fsp3) is 0.706. The van der Waals surface area contributed by atoms with Crippen molar-refractivity contribution in [2.75, 3.05) is 57.4 Å². The average Bonchev–Trinajstić information content (AvgIpc) is 3.47. The predicted octanol–water partition coefficient (Wildman–Crippen LogP) is 6.61. The molecule has 0 bridgehead atoms. The van der Waals surface area contributed by atoms with Crippen LogP contribution in [-0.4, -0.2) is 108 Å². The summed E-state index contributed by atoms with van der Waals surface area (Å²) in [5, 5.41) is 0.707. The molecule has 266 valence electrons. The number of likely N-dealkylation sites (tertiary alicyclic amines) is 1. The van der Waals surface area contributed by atoms with Crippen LogP contribution in [0.4, 0.5) is 15.0 Å². The highest BCUT2D eigenvalue weighted by Crippen LogP contribution is 2.38. The minimum atomic E-state index is -0.587. The summed E-state index contributed by atoms with van der Waals surface area (Å²) in [4.78, 5) is 40.2. The SMILES string of the molecule is CC(C)(C)OC(=O)COCC1CCN([C@H]2CCC[C@@H]2Oc2nc(N3CCN(C(=O)OC(C)(C)C)CC3)c3cc(Cl)c(Br)c(F)c3n2)CC1. The zero-order valence-corrected chi connectivity index (χ0v) is 31.2. The van der Waals surface area contributed by atoms with Crippen molar-refractivity contribution in [1.29, 1.82) is 0 Å². The molecule has 1 amide bonds. The molecule has 1 aromatic heterocycles. The molecule has 48 heavy (non-hydrogen) atoms. The lowest BCUT2D eigenvalue weighted by Crippen LogP contribution is -2.50. The highest BCUT2D eigenvalue weighted by atomic mass is 79.9. The summed E-state index contributed by atoms with van der Waals surface area (Å²) in [5.74, 6) is -0.0191. The molecule has 3 heterocycles. The zero-order chi connectivity index (χ0) is 34.8. The van der Waals surface area contributed by atoms with E-state index in [1.165, 1.54) is 0 Å². The van der Waals surface area contributed by atoms with E-state index in [-0.39, 0.29) is 51.8 Å². The number of piperazine rings is 1. The molecule has 1 saturated carbocycles. The number of hydrogen-bond donors (Lipinski definition) is 0. The van der Waals surface area contributed by atoms with Gasteiger partial charge in [-0.05, 0) is 115 Å². The quantitative estimate of drug-likeness (QED) is 0.216. The lowest BCUT2D eigenvalue weighted by Gasteiger charge is -2.38. The Balaban J connectivity index is 1.25. The number of amides is 1. The van der Waals surface area contributed by atoms with E-state index in [4.69, 9.17) is 35.5 Å². The van der Waals surface area contributed by atoms with Crippen LogP contribution in [0.15, 0.2) is 10.5 Å². The van der Waals surface area contributed by atoms with Crippen LogP contribution in [-0.2, 0) is 19.0 Å². The van der Waals surface area contributed by atoms with Crippen molar-refractivity contribution >= 4 is 56.3 Å². The third-order valence-corrected chi connectivity index (χ3v) is 10.1. The van der Waals surface area contributed by atoms with Crippen molar-refractivity contribution in [3.05, 3.63) is 21.4 Å². The van der Waals surface area contributed by atoms with E-state index < -0.39 is 17.0 Å². The molecule has 14 heteroatoms. The largest absolute Gasteiger partial charge is 0.458 e. The molecular formula is C34H48BrClFN5O6. The fourth-order valence-electron chi connectivity index (χ4n) is 6.59. The Morgan fingerprint density at radius 3 is 2.27 bits per heavy atom. The third-order valence-electron chi connectivity index (χ3n) is 8.80. The monoisotopic (exact) mass is 755 g/mol. The maximum atomic E-state index is 15.6. The lowest BCUT2D eigenvalue weighted by atomic mass is 9.96. The van der Waals surface area contributed by atoms with Gasteiger partial charge >= 0.3 is 18.1 Å².